The molecule has 166 valence electrons. The van der Waals surface area contributed by atoms with E-state index in [0.717, 1.165) is 24.9 Å². The summed E-state index contributed by atoms with van der Waals surface area (Å²) in [5.74, 6) is -0.335. The highest BCUT2D eigenvalue weighted by molar-refractivity contribution is 6.76. The van der Waals surface area contributed by atoms with Crippen molar-refractivity contribution in [1.82, 2.24) is 0 Å². The van der Waals surface area contributed by atoms with Gasteiger partial charge in [0.2, 0.25) is 0 Å². The first kappa shape index (κ1) is 25.8. The van der Waals surface area contributed by atoms with Crippen LogP contribution in [0.1, 0.15) is 78.6 Å². The Bertz CT molecular complexity index is 420. The first-order valence-electron chi connectivity index (χ1n) is 11.3. The van der Waals surface area contributed by atoms with Gasteiger partial charge in [-0.15, -0.1) is 0 Å². The molecule has 0 heterocycles. The Balaban J connectivity index is 2.99. The van der Waals surface area contributed by atoms with Crippen molar-refractivity contribution in [2.24, 2.45) is 5.92 Å². The van der Waals surface area contributed by atoms with Gasteiger partial charge in [0.1, 0.15) is 0 Å². The molecule has 28 heavy (non-hydrogen) atoms. The van der Waals surface area contributed by atoms with Gasteiger partial charge in [-0.1, -0.05) is 65.7 Å². The van der Waals surface area contributed by atoms with Crippen molar-refractivity contribution in [2.75, 3.05) is 21.3 Å². The number of carbonyl (C=O) groups excluding carboxylic acids is 1. The highest BCUT2D eigenvalue weighted by atomic mass is 28.4. The lowest BCUT2D eigenvalue weighted by Gasteiger charge is -2.41. The maximum absolute atomic E-state index is 13.2. The number of unbranched alkanes of at least 4 members (excludes halogenated alkanes) is 2. The minimum Gasteiger partial charge on any atom is -0.519 e. The van der Waals surface area contributed by atoms with Crippen LogP contribution in [0.2, 0.25) is 23.7 Å². The summed E-state index contributed by atoms with van der Waals surface area (Å²) in [5.41, 5.74) is 0.629. The molecule has 1 aliphatic carbocycles. The molecule has 0 spiro atoms. The third-order valence-electron chi connectivity index (χ3n) is 6.45. The fraction of sp³-hybridized carbons (Fsp3) is 0.952. The average Bonchev–Trinajstić information content (AvgIpc) is 2.74. The standard InChI is InChI=1S/C21H44O5Si2/c1-7-9-16-27(17-10-8-2,20-14-12-11-13-15-20)26-21(22)19(3)18-28(23-4,24-5)25-6/h19-20H,7-18H2,1-6H3. The minimum atomic E-state index is -2.79. The van der Waals surface area contributed by atoms with Crippen LogP contribution < -0.4 is 0 Å². The molecular formula is C21H44O5Si2. The van der Waals surface area contributed by atoms with E-state index in [9.17, 15) is 4.79 Å². The smallest absolute Gasteiger partial charge is 0.501 e. The highest BCUT2D eigenvalue weighted by Gasteiger charge is 2.47. The Labute approximate surface area is 175 Å². The molecule has 1 rings (SSSR count). The van der Waals surface area contributed by atoms with Crippen LogP contribution in [0.3, 0.4) is 0 Å². The third kappa shape index (κ3) is 7.24. The molecule has 0 amide bonds. The summed E-state index contributed by atoms with van der Waals surface area (Å²) in [6.07, 6.45) is 11.1. The molecule has 1 atom stereocenters. The van der Waals surface area contributed by atoms with E-state index < -0.39 is 17.1 Å². The first-order valence-corrected chi connectivity index (χ1v) is 15.6. The van der Waals surface area contributed by atoms with Gasteiger partial charge >= 0.3 is 8.80 Å². The lowest BCUT2D eigenvalue weighted by Crippen LogP contribution is -2.49. The number of rotatable bonds is 14. The van der Waals surface area contributed by atoms with Gasteiger partial charge in [0.15, 0.2) is 0 Å². The molecule has 7 heteroatoms. The molecule has 0 aliphatic heterocycles. The SMILES string of the molecule is CCCC[Si](CCCC)(OC(=O)C(C)C[Si](OC)(OC)OC)C1CCCCC1. The van der Waals surface area contributed by atoms with Gasteiger partial charge in [0.25, 0.3) is 14.3 Å². The van der Waals surface area contributed by atoms with Crippen molar-refractivity contribution in [3.8, 4) is 0 Å². The van der Waals surface area contributed by atoms with Crippen LogP contribution >= 0.6 is 0 Å². The number of carbonyl (C=O) groups is 1. The molecule has 0 N–H and O–H groups in total. The van der Waals surface area contributed by atoms with Gasteiger partial charge in [-0.2, -0.15) is 0 Å². The van der Waals surface area contributed by atoms with Crippen molar-refractivity contribution in [3.63, 3.8) is 0 Å². The van der Waals surface area contributed by atoms with Crippen molar-refractivity contribution < 1.29 is 22.5 Å². The quantitative estimate of drug-likeness (QED) is 0.319. The van der Waals surface area contributed by atoms with Gasteiger partial charge in [0.05, 0.1) is 5.92 Å². The summed E-state index contributed by atoms with van der Waals surface area (Å²) in [4.78, 5) is 13.2. The largest absolute Gasteiger partial charge is 0.519 e. The van der Waals surface area contributed by atoms with Crippen molar-refractivity contribution in [1.29, 1.82) is 0 Å². The Kier molecular flexibility index (Phi) is 12.1. The van der Waals surface area contributed by atoms with E-state index in [4.69, 9.17) is 17.7 Å². The Morgan fingerprint density at radius 3 is 1.86 bits per heavy atom. The summed E-state index contributed by atoms with van der Waals surface area (Å²) >= 11 is 0. The Morgan fingerprint density at radius 1 is 0.929 bits per heavy atom. The van der Waals surface area contributed by atoms with E-state index in [1.54, 1.807) is 21.3 Å². The first-order chi connectivity index (χ1) is 13.4. The van der Waals surface area contributed by atoms with E-state index in [0.29, 0.717) is 11.6 Å². The number of hydrogen-bond acceptors (Lipinski definition) is 5. The zero-order chi connectivity index (χ0) is 21.0. The Hall–Kier alpha value is -0.216. The molecule has 5 nitrogen and oxygen atoms in total. The van der Waals surface area contributed by atoms with Gasteiger partial charge < -0.3 is 17.7 Å². The molecule has 1 saturated carbocycles. The summed E-state index contributed by atoms with van der Waals surface area (Å²) in [6, 6.07) is 2.70. The van der Waals surface area contributed by atoms with Gasteiger partial charge in [-0.25, -0.2) is 0 Å². The van der Waals surface area contributed by atoms with E-state index >= 15 is 0 Å². The second-order valence-electron chi connectivity index (χ2n) is 8.43. The maximum atomic E-state index is 13.2. The third-order valence-corrected chi connectivity index (χ3v) is 14.5. The van der Waals surface area contributed by atoms with E-state index in [-0.39, 0.29) is 11.9 Å². The summed E-state index contributed by atoms with van der Waals surface area (Å²) in [7, 11) is -0.125. The Morgan fingerprint density at radius 2 is 1.43 bits per heavy atom. The lowest BCUT2D eigenvalue weighted by atomic mass is 10.0. The van der Waals surface area contributed by atoms with Crippen LogP contribution in [-0.2, 0) is 22.5 Å². The van der Waals surface area contributed by atoms with Crippen LogP contribution in [0, 0.1) is 5.92 Å². The van der Waals surface area contributed by atoms with E-state index in [2.05, 4.69) is 13.8 Å². The zero-order valence-corrected chi connectivity index (χ0v) is 21.2. The lowest BCUT2D eigenvalue weighted by molar-refractivity contribution is -0.139. The normalized spacial score (nSPS) is 17.5. The van der Waals surface area contributed by atoms with Crippen molar-refractivity contribution in [3.05, 3.63) is 0 Å². The molecular weight excluding hydrogens is 388 g/mol. The molecule has 1 aliphatic rings. The molecule has 1 unspecified atom stereocenters. The van der Waals surface area contributed by atoms with Crippen LogP contribution in [0.15, 0.2) is 0 Å². The van der Waals surface area contributed by atoms with Crippen LogP contribution in [0.25, 0.3) is 0 Å². The predicted molar refractivity (Wildman–Crippen MR) is 119 cm³/mol. The molecule has 0 saturated heterocycles. The second-order valence-corrected chi connectivity index (χ2v) is 15.6. The number of hydrogen-bond donors (Lipinski definition) is 0. The predicted octanol–water partition coefficient (Wildman–Crippen LogP) is 5.92. The van der Waals surface area contributed by atoms with Crippen LogP contribution in [0.5, 0.6) is 0 Å². The fourth-order valence-electron chi connectivity index (χ4n) is 4.56. The maximum Gasteiger partial charge on any atom is 0.501 e. The van der Waals surface area contributed by atoms with E-state index in [1.807, 2.05) is 6.92 Å². The van der Waals surface area contributed by atoms with Crippen LogP contribution in [0.4, 0.5) is 0 Å². The molecule has 0 aromatic rings. The molecule has 1 fully saturated rings. The van der Waals surface area contributed by atoms with Crippen LogP contribution in [-0.4, -0.2) is 44.4 Å². The van der Waals surface area contributed by atoms with E-state index in [1.165, 1.54) is 44.9 Å². The molecule has 0 aromatic heterocycles. The average molecular weight is 433 g/mol. The van der Waals surface area contributed by atoms with Crippen molar-refractivity contribution in [2.45, 2.75) is 102 Å². The molecule has 0 bridgehead atoms. The molecule has 0 aromatic carbocycles. The van der Waals surface area contributed by atoms with Crippen molar-refractivity contribution >= 4 is 23.1 Å². The van der Waals surface area contributed by atoms with Gasteiger partial charge in [-0.05, 0) is 30.5 Å². The monoisotopic (exact) mass is 432 g/mol. The topological polar surface area (TPSA) is 54.0 Å². The zero-order valence-electron chi connectivity index (χ0n) is 19.2. The minimum absolute atomic E-state index is 0.0625. The second kappa shape index (κ2) is 13.2. The summed E-state index contributed by atoms with van der Waals surface area (Å²) in [5, 5.41) is 0. The molecule has 0 radical (unpaired) electrons. The summed E-state index contributed by atoms with van der Waals surface area (Å²) < 4.78 is 23.2. The highest BCUT2D eigenvalue weighted by Crippen LogP contribution is 2.44. The van der Waals surface area contributed by atoms with Gasteiger partial charge in [0, 0.05) is 27.4 Å². The summed E-state index contributed by atoms with van der Waals surface area (Å²) in [6.45, 7) is 6.40. The van der Waals surface area contributed by atoms with Gasteiger partial charge in [-0.3, -0.25) is 4.79 Å². The fourth-order valence-corrected chi connectivity index (χ4v) is 11.9.